The van der Waals surface area contributed by atoms with Crippen molar-refractivity contribution in [2.45, 2.75) is 99.7 Å². The summed E-state index contributed by atoms with van der Waals surface area (Å²) in [5.41, 5.74) is 1.26. The van der Waals surface area contributed by atoms with Crippen LogP contribution in [0.15, 0.2) is 24.8 Å². The molecule has 0 aromatic carbocycles. The maximum atomic E-state index is 5.24. The van der Waals surface area contributed by atoms with Crippen molar-refractivity contribution in [2.24, 2.45) is 23.7 Å². The van der Waals surface area contributed by atoms with Crippen LogP contribution in [0.25, 0.3) is 0 Å². The van der Waals surface area contributed by atoms with E-state index in [9.17, 15) is 0 Å². The van der Waals surface area contributed by atoms with Gasteiger partial charge in [0, 0.05) is 11.0 Å². The fourth-order valence-electron chi connectivity index (χ4n) is 1.34. The van der Waals surface area contributed by atoms with Gasteiger partial charge in [0.25, 0.3) is 0 Å². The summed E-state index contributed by atoms with van der Waals surface area (Å²) in [5.74, 6) is 4.39. The second kappa shape index (κ2) is 19.2. The number of thioether (sulfide) groups is 1. The van der Waals surface area contributed by atoms with Crippen molar-refractivity contribution in [3.05, 3.63) is 24.8 Å². The van der Waals surface area contributed by atoms with Gasteiger partial charge >= 0.3 is 0 Å². The lowest BCUT2D eigenvalue weighted by atomic mass is 10.1. The van der Waals surface area contributed by atoms with E-state index in [4.69, 9.17) is 14.2 Å². The highest BCUT2D eigenvalue weighted by atomic mass is 32.2. The number of hydrogen-bond donors (Lipinski definition) is 0. The van der Waals surface area contributed by atoms with Gasteiger partial charge in [0.05, 0.1) is 32.0 Å². The highest BCUT2D eigenvalue weighted by Crippen LogP contribution is 2.35. The highest BCUT2D eigenvalue weighted by Gasteiger charge is 2.25. The SMILES string of the molecule is C=C(C)C(C)C.C=CC(C)C.CC(C)C1CO1.CC(C)C1CS1.CC(C)OCC1CO1. The second-order valence-corrected chi connectivity index (χ2v) is 11.3. The van der Waals surface area contributed by atoms with Crippen molar-refractivity contribution < 1.29 is 14.2 Å². The molecule has 3 heterocycles. The molecule has 0 saturated carbocycles. The Bertz CT molecular complexity index is 414. The molecule has 3 nitrogen and oxygen atoms in total. The van der Waals surface area contributed by atoms with Crippen LogP contribution >= 0.6 is 11.8 Å². The zero-order chi connectivity index (χ0) is 24.6. The van der Waals surface area contributed by atoms with Crippen LogP contribution in [0.2, 0.25) is 0 Å². The average Bonchev–Trinajstić information content (AvgIpc) is 3.50. The van der Waals surface area contributed by atoms with Crippen LogP contribution in [0, 0.1) is 23.7 Å². The molecule has 3 saturated heterocycles. The molecule has 3 aliphatic heterocycles. The van der Waals surface area contributed by atoms with E-state index in [1.807, 2.05) is 26.8 Å². The summed E-state index contributed by atoms with van der Waals surface area (Å²) >= 11 is 2.08. The van der Waals surface area contributed by atoms with Gasteiger partial charge in [0.15, 0.2) is 0 Å². The fourth-order valence-corrected chi connectivity index (χ4v) is 2.23. The van der Waals surface area contributed by atoms with Gasteiger partial charge in [0.2, 0.25) is 0 Å². The van der Waals surface area contributed by atoms with E-state index in [1.165, 1.54) is 11.3 Å². The van der Waals surface area contributed by atoms with Crippen molar-refractivity contribution >= 4 is 11.8 Å². The van der Waals surface area contributed by atoms with E-state index in [-0.39, 0.29) is 0 Å². The first-order valence-electron chi connectivity index (χ1n) is 12.1. The van der Waals surface area contributed by atoms with Crippen molar-refractivity contribution in [3.63, 3.8) is 0 Å². The molecule has 186 valence electrons. The van der Waals surface area contributed by atoms with Gasteiger partial charge in [-0.15, -0.1) is 6.58 Å². The third kappa shape index (κ3) is 29.7. The molecular formula is C27H54O3S. The largest absolute Gasteiger partial charge is 0.376 e. The summed E-state index contributed by atoms with van der Waals surface area (Å²) in [6, 6.07) is 0. The molecule has 4 heteroatoms. The Morgan fingerprint density at radius 2 is 1.39 bits per heavy atom. The zero-order valence-electron chi connectivity index (χ0n) is 22.6. The predicted molar refractivity (Wildman–Crippen MR) is 141 cm³/mol. The van der Waals surface area contributed by atoms with Gasteiger partial charge in [-0.05, 0) is 44.4 Å². The first kappa shape index (κ1) is 32.9. The first-order valence-corrected chi connectivity index (χ1v) is 13.1. The summed E-state index contributed by atoms with van der Waals surface area (Å²) in [6.07, 6.45) is 3.28. The molecule has 3 fully saturated rings. The van der Waals surface area contributed by atoms with Gasteiger partial charge in [0.1, 0.15) is 6.10 Å². The van der Waals surface area contributed by atoms with Gasteiger partial charge in [-0.3, -0.25) is 0 Å². The maximum Gasteiger partial charge on any atom is 0.104 e. The molecule has 0 radical (unpaired) electrons. The lowest BCUT2D eigenvalue weighted by Gasteiger charge is -2.02. The average molecular weight is 459 g/mol. The summed E-state index contributed by atoms with van der Waals surface area (Å²) in [7, 11) is 0. The van der Waals surface area contributed by atoms with Crippen molar-refractivity contribution in [3.8, 4) is 0 Å². The minimum atomic E-state index is 0.346. The van der Waals surface area contributed by atoms with Crippen LogP contribution in [-0.2, 0) is 14.2 Å². The van der Waals surface area contributed by atoms with Crippen molar-refractivity contribution in [1.29, 1.82) is 0 Å². The van der Waals surface area contributed by atoms with Crippen LogP contribution in [0.3, 0.4) is 0 Å². The van der Waals surface area contributed by atoms with Crippen LogP contribution in [0.4, 0.5) is 0 Å². The molecular weight excluding hydrogens is 404 g/mol. The number of allylic oxidation sites excluding steroid dienone is 2. The fraction of sp³-hybridized carbons (Fsp3) is 0.852. The summed E-state index contributed by atoms with van der Waals surface area (Å²) < 4.78 is 15.1. The van der Waals surface area contributed by atoms with Crippen molar-refractivity contribution in [2.75, 3.05) is 25.6 Å². The monoisotopic (exact) mass is 458 g/mol. The van der Waals surface area contributed by atoms with E-state index in [0.717, 1.165) is 36.9 Å². The molecule has 3 aliphatic rings. The Morgan fingerprint density at radius 3 is 1.48 bits per heavy atom. The lowest BCUT2D eigenvalue weighted by molar-refractivity contribution is 0.0662. The molecule has 0 N–H and O–H groups in total. The molecule has 0 aromatic heterocycles. The Hall–Kier alpha value is -0.290. The number of hydrogen-bond acceptors (Lipinski definition) is 4. The van der Waals surface area contributed by atoms with Crippen LogP contribution in [-0.4, -0.2) is 49.1 Å². The van der Waals surface area contributed by atoms with E-state index in [1.54, 1.807) is 0 Å². The smallest absolute Gasteiger partial charge is 0.104 e. The molecule has 0 spiro atoms. The molecule has 3 unspecified atom stereocenters. The van der Waals surface area contributed by atoms with E-state index >= 15 is 0 Å². The third-order valence-electron chi connectivity index (χ3n) is 4.68. The van der Waals surface area contributed by atoms with E-state index < -0.39 is 0 Å². The Kier molecular flexibility index (Phi) is 20.4. The van der Waals surface area contributed by atoms with Crippen LogP contribution in [0.1, 0.15) is 76.2 Å². The topological polar surface area (TPSA) is 34.3 Å². The summed E-state index contributed by atoms with van der Waals surface area (Å²) in [5, 5.41) is 1.02. The first-order chi connectivity index (χ1) is 14.3. The number of epoxide rings is 2. The minimum Gasteiger partial charge on any atom is -0.376 e. The Balaban J connectivity index is 0. The minimum absolute atomic E-state index is 0.346. The molecule has 3 atom stereocenters. The molecule has 0 aromatic rings. The van der Waals surface area contributed by atoms with Gasteiger partial charge < -0.3 is 14.2 Å². The number of rotatable bonds is 7. The third-order valence-corrected chi connectivity index (χ3v) is 5.94. The second-order valence-electron chi connectivity index (χ2n) is 10.0. The zero-order valence-corrected chi connectivity index (χ0v) is 23.4. The van der Waals surface area contributed by atoms with Gasteiger partial charge in [-0.1, -0.05) is 73.6 Å². The quantitative estimate of drug-likeness (QED) is 0.290. The van der Waals surface area contributed by atoms with Crippen LogP contribution in [0.5, 0.6) is 0 Å². The lowest BCUT2D eigenvalue weighted by Crippen LogP contribution is -2.07. The highest BCUT2D eigenvalue weighted by molar-refractivity contribution is 8.06. The standard InChI is InChI=1S/C6H12O2.C6H12.C5H10O.C5H10S.C5H10/c1-5(2)7-3-6-4-8-6;1-5(2)6(3)4;2*1-4(2)5-3-6-5;1-4-5(2)3/h5-6H,3-4H2,1-2H3;6H,1H2,2-4H3;2*4-5H,3H2,1-2H3;4-5H,1H2,2-3H3. The normalized spacial score (nSPS) is 22.3. The van der Waals surface area contributed by atoms with Gasteiger partial charge in [-0.2, -0.15) is 11.8 Å². The molecule has 0 aliphatic carbocycles. The molecule has 31 heavy (non-hydrogen) atoms. The number of ether oxygens (including phenoxy) is 3. The Labute approximate surface area is 199 Å². The molecule has 0 bridgehead atoms. The Morgan fingerprint density at radius 1 is 0.968 bits per heavy atom. The van der Waals surface area contributed by atoms with E-state index in [2.05, 4.69) is 80.3 Å². The predicted octanol–water partition coefficient (Wildman–Crippen LogP) is 7.66. The summed E-state index contributed by atoms with van der Waals surface area (Å²) in [6.45, 7) is 33.5. The molecule has 0 amide bonds. The van der Waals surface area contributed by atoms with Crippen molar-refractivity contribution in [1.82, 2.24) is 0 Å². The molecule has 3 rings (SSSR count). The van der Waals surface area contributed by atoms with Crippen LogP contribution < -0.4 is 0 Å². The maximum absolute atomic E-state index is 5.24. The summed E-state index contributed by atoms with van der Waals surface area (Å²) in [4.78, 5) is 0. The van der Waals surface area contributed by atoms with E-state index in [0.29, 0.717) is 30.1 Å². The van der Waals surface area contributed by atoms with Gasteiger partial charge in [-0.25, -0.2) is 0 Å².